The van der Waals surface area contributed by atoms with E-state index < -0.39 is 23.2 Å². The van der Waals surface area contributed by atoms with Crippen LogP contribution in [-0.4, -0.2) is 10.9 Å². The summed E-state index contributed by atoms with van der Waals surface area (Å²) in [6.07, 6.45) is -3.59. The van der Waals surface area contributed by atoms with E-state index in [1.54, 1.807) is 0 Å². The zero-order valence-electron chi connectivity index (χ0n) is 7.63. The first kappa shape index (κ1) is 13.7. The summed E-state index contributed by atoms with van der Waals surface area (Å²) in [5.74, 6) is -1.12. The third kappa shape index (κ3) is 2.82. The monoisotopic (exact) mass is 240 g/mol. The predicted molar refractivity (Wildman–Crippen MR) is 49.7 cm³/mol. The van der Waals surface area contributed by atoms with Crippen LogP contribution < -0.4 is 5.73 Å². The van der Waals surface area contributed by atoms with Gasteiger partial charge in [-0.25, -0.2) is 0 Å². The molecule has 0 radical (unpaired) electrons. The number of hydrogen-bond acceptors (Lipinski definition) is 2. The van der Waals surface area contributed by atoms with Crippen LogP contribution in [0.3, 0.4) is 0 Å². The number of aryl methyl sites for hydroxylation is 1. The Kier molecular flexibility index (Phi) is 4.09. The van der Waals surface area contributed by atoms with Crippen molar-refractivity contribution in [3.05, 3.63) is 29.1 Å². The number of alkyl halides is 3. The van der Waals surface area contributed by atoms with E-state index in [1.165, 1.54) is 6.92 Å². The average Bonchev–Trinajstić information content (AvgIpc) is 2.01. The maximum Gasteiger partial charge on any atom is 0.417 e. The molecule has 0 aliphatic carbocycles. The summed E-state index contributed by atoms with van der Waals surface area (Å²) in [6.45, 7) is 1.30. The predicted octanol–water partition coefficient (Wildman–Crippen LogP) is 1.93. The highest BCUT2D eigenvalue weighted by atomic mass is 35.5. The van der Waals surface area contributed by atoms with Crippen molar-refractivity contribution in [3.8, 4) is 0 Å². The molecule has 1 rings (SSSR count). The van der Waals surface area contributed by atoms with Gasteiger partial charge < -0.3 is 5.73 Å². The van der Waals surface area contributed by atoms with Gasteiger partial charge >= 0.3 is 6.18 Å². The van der Waals surface area contributed by atoms with Crippen molar-refractivity contribution in [3.63, 3.8) is 0 Å². The first-order valence-corrected chi connectivity index (χ1v) is 3.66. The number of pyridine rings is 1. The van der Waals surface area contributed by atoms with Crippen molar-refractivity contribution in [2.24, 2.45) is 5.73 Å². The van der Waals surface area contributed by atoms with E-state index in [1.807, 2.05) is 0 Å². The molecule has 3 nitrogen and oxygen atoms in total. The number of carbonyl (C=O) groups is 1. The fourth-order valence-electron chi connectivity index (χ4n) is 1.11. The van der Waals surface area contributed by atoms with E-state index in [0.29, 0.717) is 0 Å². The van der Waals surface area contributed by atoms with E-state index in [4.69, 9.17) is 5.73 Å². The molecule has 1 aromatic rings. The molecule has 7 heteroatoms. The third-order valence-electron chi connectivity index (χ3n) is 1.69. The highest BCUT2D eigenvalue weighted by molar-refractivity contribution is 5.95. The molecule has 0 unspecified atom stereocenters. The molecule has 15 heavy (non-hydrogen) atoms. The molecule has 1 aromatic heterocycles. The van der Waals surface area contributed by atoms with Crippen LogP contribution in [0.5, 0.6) is 0 Å². The van der Waals surface area contributed by atoms with Gasteiger partial charge in [0.15, 0.2) is 0 Å². The molecule has 1 heterocycles. The minimum Gasteiger partial charge on any atom is -0.366 e. The fraction of sp³-hybridized carbons (Fsp3) is 0.250. The van der Waals surface area contributed by atoms with Crippen LogP contribution in [0.4, 0.5) is 13.2 Å². The number of aromatic nitrogens is 1. The highest BCUT2D eigenvalue weighted by Gasteiger charge is 2.35. The molecule has 0 aliphatic heterocycles. The number of amides is 1. The van der Waals surface area contributed by atoms with Gasteiger partial charge in [-0.1, -0.05) is 0 Å². The second-order valence-corrected chi connectivity index (χ2v) is 2.68. The number of nitrogens with two attached hydrogens (primary N) is 1. The molecule has 1 amide bonds. The fourth-order valence-corrected chi connectivity index (χ4v) is 1.11. The summed E-state index contributed by atoms with van der Waals surface area (Å²) >= 11 is 0. The van der Waals surface area contributed by atoms with Gasteiger partial charge in [-0.2, -0.15) is 13.2 Å². The number of carbonyl (C=O) groups excluding carboxylic acids is 1. The van der Waals surface area contributed by atoms with Crippen molar-refractivity contribution < 1.29 is 18.0 Å². The Morgan fingerprint density at radius 2 is 2.00 bits per heavy atom. The van der Waals surface area contributed by atoms with Crippen LogP contribution in [0.15, 0.2) is 12.3 Å². The van der Waals surface area contributed by atoms with Crippen LogP contribution in [0.25, 0.3) is 0 Å². The van der Waals surface area contributed by atoms with E-state index in [0.717, 1.165) is 12.3 Å². The molecule has 0 fully saturated rings. The van der Waals surface area contributed by atoms with Gasteiger partial charge in [-0.3, -0.25) is 9.78 Å². The molecular formula is C8H8ClF3N2O. The zero-order chi connectivity index (χ0) is 10.9. The third-order valence-corrected chi connectivity index (χ3v) is 1.69. The van der Waals surface area contributed by atoms with Crippen LogP contribution in [0.2, 0.25) is 0 Å². The normalized spacial score (nSPS) is 10.7. The Labute approximate surface area is 89.9 Å². The number of rotatable bonds is 1. The number of halogens is 4. The van der Waals surface area contributed by atoms with E-state index in [9.17, 15) is 18.0 Å². The van der Waals surface area contributed by atoms with Crippen LogP contribution in [-0.2, 0) is 6.18 Å². The second-order valence-electron chi connectivity index (χ2n) is 2.68. The molecule has 0 aliphatic rings. The smallest absolute Gasteiger partial charge is 0.366 e. The lowest BCUT2D eigenvalue weighted by atomic mass is 10.1. The lowest BCUT2D eigenvalue weighted by Crippen LogP contribution is -2.20. The molecule has 0 saturated heterocycles. The van der Waals surface area contributed by atoms with Crippen molar-refractivity contribution >= 4 is 18.3 Å². The van der Waals surface area contributed by atoms with Gasteiger partial charge in [0.25, 0.3) is 5.91 Å². The molecule has 0 saturated carbocycles. The molecule has 0 aromatic carbocycles. The van der Waals surface area contributed by atoms with E-state index >= 15 is 0 Å². The maximum absolute atomic E-state index is 12.4. The summed E-state index contributed by atoms with van der Waals surface area (Å²) in [6, 6.07) is 0.729. The maximum atomic E-state index is 12.4. The standard InChI is InChI=1S/C8H7F3N2O.ClH/c1-4-6(7(12)14)5(2-3-13-4)8(9,10)11;/h2-3H,1H3,(H2,12,14);1H. The minimum absolute atomic E-state index is 0. The van der Waals surface area contributed by atoms with Gasteiger partial charge in [0.05, 0.1) is 16.8 Å². The molecule has 2 N–H and O–H groups in total. The van der Waals surface area contributed by atoms with Gasteiger partial charge in [-0.05, 0) is 13.0 Å². The number of primary amides is 1. The first-order chi connectivity index (χ1) is 6.34. The zero-order valence-corrected chi connectivity index (χ0v) is 8.45. The largest absolute Gasteiger partial charge is 0.417 e. The Hall–Kier alpha value is -1.30. The Morgan fingerprint density at radius 1 is 1.47 bits per heavy atom. The van der Waals surface area contributed by atoms with Crippen LogP contribution in [0.1, 0.15) is 21.6 Å². The molecule has 0 bridgehead atoms. The first-order valence-electron chi connectivity index (χ1n) is 3.66. The Bertz CT molecular complexity index is 379. The Morgan fingerprint density at radius 3 is 2.33 bits per heavy atom. The van der Waals surface area contributed by atoms with Crippen molar-refractivity contribution in [2.75, 3.05) is 0 Å². The van der Waals surface area contributed by atoms with Gasteiger partial charge in [0.2, 0.25) is 0 Å². The second kappa shape index (κ2) is 4.48. The molecule has 84 valence electrons. The lowest BCUT2D eigenvalue weighted by Gasteiger charge is -2.11. The topological polar surface area (TPSA) is 56.0 Å². The SMILES string of the molecule is Cc1nccc(C(F)(F)F)c1C(N)=O.Cl. The number of hydrogen-bond donors (Lipinski definition) is 1. The summed E-state index contributed by atoms with van der Waals surface area (Å²) < 4.78 is 37.1. The highest BCUT2D eigenvalue weighted by Crippen LogP contribution is 2.32. The van der Waals surface area contributed by atoms with Gasteiger partial charge in [-0.15, -0.1) is 12.4 Å². The molecule has 0 spiro atoms. The van der Waals surface area contributed by atoms with Gasteiger partial charge in [0, 0.05) is 6.20 Å². The summed E-state index contributed by atoms with van der Waals surface area (Å²) in [5, 5.41) is 0. The summed E-state index contributed by atoms with van der Waals surface area (Å²) in [7, 11) is 0. The van der Waals surface area contributed by atoms with Crippen molar-refractivity contribution in [1.82, 2.24) is 4.98 Å². The minimum atomic E-state index is -4.59. The van der Waals surface area contributed by atoms with Crippen molar-refractivity contribution in [1.29, 1.82) is 0 Å². The Balaban J connectivity index is 0.00000196. The van der Waals surface area contributed by atoms with Crippen LogP contribution in [0, 0.1) is 6.92 Å². The van der Waals surface area contributed by atoms with Gasteiger partial charge in [0.1, 0.15) is 0 Å². The molecule has 0 atom stereocenters. The summed E-state index contributed by atoms with van der Waals surface area (Å²) in [5.41, 5.74) is 3.20. The summed E-state index contributed by atoms with van der Waals surface area (Å²) in [4.78, 5) is 14.3. The van der Waals surface area contributed by atoms with E-state index in [2.05, 4.69) is 4.98 Å². The average molecular weight is 241 g/mol. The van der Waals surface area contributed by atoms with Crippen molar-refractivity contribution in [2.45, 2.75) is 13.1 Å². The number of nitrogens with zero attached hydrogens (tertiary/aromatic N) is 1. The molecular weight excluding hydrogens is 233 g/mol. The van der Waals surface area contributed by atoms with E-state index in [-0.39, 0.29) is 18.1 Å². The van der Waals surface area contributed by atoms with Crippen LogP contribution >= 0.6 is 12.4 Å². The lowest BCUT2D eigenvalue weighted by molar-refractivity contribution is -0.138. The quantitative estimate of drug-likeness (QED) is 0.815.